The second kappa shape index (κ2) is 10.6. The van der Waals surface area contributed by atoms with Gasteiger partial charge >= 0.3 is 0 Å². The molecule has 39 heavy (non-hydrogen) atoms. The number of carbonyl (C=O) groups excluding carboxylic acids is 1. The van der Waals surface area contributed by atoms with Crippen LogP contribution >= 0.6 is 34.5 Å². The molecule has 1 aliphatic rings. The zero-order chi connectivity index (χ0) is 27.1. The molecule has 7 heteroatoms. The Balaban J connectivity index is 1.41. The van der Waals surface area contributed by atoms with Gasteiger partial charge in [0, 0.05) is 39.4 Å². The first-order chi connectivity index (χ1) is 18.9. The molecule has 0 aliphatic carbocycles. The molecule has 3 aromatic carbocycles. The summed E-state index contributed by atoms with van der Waals surface area (Å²) in [5.74, 6) is 0.889. The number of halogens is 2. The van der Waals surface area contributed by atoms with Gasteiger partial charge in [0.25, 0.3) is 5.91 Å². The van der Waals surface area contributed by atoms with Gasteiger partial charge in [-0.1, -0.05) is 73.4 Å². The number of ether oxygens (including phenoxy) is 1. The van der Waals surface area contributed by atoms with Crippen molar-refractivity contribution in [3.05, 3.63) is 105 Å². The first-order valence-electron chi connectivity index (χ1n) is 12.9. The number of para-hydroxylation sites is 1. The summed E-state index contributed by atoms with van der Waals surface area (Å²) < 4.78 is 6.80. The first-order valence-corrected chi connectivity index (χ1v) is 14.5. The lowest BCUT2D eigenvalue weighted by Gasteiger charge is -2.26. The van der Waals surface area contributed by atoms with Crippen molar-refractivity contribution in [2.24, 2.45) is 0 Å². The summed E-state index contributed by atoms with van der Waals surface area (Å²) in [5.41, 5.74) is 6.91. The van der Waals surface area contributed by atoms with E-state index in [1.807, 2.05) is 60.8 Å². The summed E-state index contributed by atoms with van der Waals surface area (Å²) in [6.45, 7) is 4.80. The Morgan fingerprint density at radius 2 is 1.74 bits per heavy atom. The predicted molar refractivity (Wildman–Crippen MR) is 161 cm³/mol. The second-order valence-corrected chi connectivity index (χ2v) is 11.9. The van der Waals surface area contributed by atoms with Crippen LogP contribution in [0.25, 0.3) is 32.5 Å². The molecule has 2 aromatic heterocycles. The molecular weight excluding hydrogens is 547 g/mol. The highest BCUT2D eigenvalue weighted by Crippen LogP contribution is 2.42. The van der Waals surface area contributed by atoms with E-state index < -0.39 is 0 Å². The second-order valence-electron chi connectivity index (χ2n) is 9.98. The van der Waals surface area contributed by atoms with Crippen LogP contribution in [0.15, 0.2) is 79.0 Å². The SMILES string of the molecule is CC(C)c1c(C(=O)N[C@H]2CCOc3ccccc32)sc2c(-c3cccc(-c4cc(Cl)cc(Cl)c4)c3)ccnc12. The van der Waals surface area contributed by atoms with Gasteiger partial charge in [-0.15, -0.1) is 11.3 Å². The standard InChI is InChI=1S/C32H26Cl2N2O2S/c1-18(2)28-29-30(39-31(28)32(37)36-26-11-13-38-27-9-4-3-8-25(26)27)24(10-12-35-29)20-7-5-6-19(14-20)21-15-22(33)17-23(34)16-21/h3-10,12,14-18,26H,11,13H2,1-2H3,(H,36,37)/t26-/m0/s1. The van der Waals surface area contributed by atoms with E-state index in [4.69, 9.17) is 32.9 Å². The van der Waals surface area contributed by atoms with Crippen molar-refractivity contribution in [1.29, 1.82) is 0 Å². The van der Waals surface area contributed by atoms with Gasteiger partial charge in [0.1, 0.15) is 5.75 Å². The topological polar surface area (TPSA) is 51.2 Å². The average Bonchev–Trinajstić information content (AvgIpc) is 3.33. The molecule has 6 rings (SSSR count). The summed E-state index contributed by atoms with van der Waals surface area (Å²) in [6, 6.07) is 23.7. The van der Waals surface area contributed by atoms with Gasteiger partial charge in [0.05, 0.1) is 27.7 Å². The number of amides is 1. The van der Waals surface area contributed by atoms with Gasteiger partial charge in [-0.3, -0.25) is 9.78 Å². The number of hydrogen-bond acceptors (Lipinski definition) is 4. The zero-order valence-electron chi connectivity index (χ0n) is 21.5. The van der Waals surface area contributed by atoms with Crippen molar-refractivity contribution in [3.8, 4) is 28.0 Å². The first kappa shape index (κ1) is 25.9. The Bertz CT molecular complexity index is 1690. The highest BCUT2D eigenvalue weighted by molar-refractivity contribution is 7.21. The van der Waals surface area contributed by atoms with Crippen LogP contribution in [0.3, 0.4) is 0 Å². The fourth-order valence-electron chi connectivity index (χ4n) is 5.24. The van der Waals surface area contributed by atoms with Gasteiger partial charge in [0.2, 0.25) is 0 Å². The maximum atomic E-state index is 13.8. The van der Waals surface area contributed by atoms with Crippen LogP contribution in [-0.4, -0.2) is 17.5 Å². The highest BCUT2D eigenvalue weighted by Gasteiger charge is 2.28. The minimum atomic E-state index is -0.0960. The number of hydrogen-bond donors (Lipinski definition) is 1. The van der Waals surface area contributed by atoms with Gasteiger partial charge < -0.3 is 10.1 Å². The number of carbonyl (C=O) groups is 1. The molecule has 0 fully saturated rings. The van der Waals surface area contributed by atoms with E-state index in [1.54, 1.807) is 6.07 Å². The lowest BCUT2D eigenvalue weighted by atomic mass is 9.97. The fraction of sp³-hybridized carbons (Fsp3) is 0.188. The number of fused-ring (bicyclic) bond motifs is 2. The van der Waals surface area contributed by atoms with Crippen LogP contribution in [-0.2, 0) is 0 Å². The smallest absolute Gasteiger partial charge is 0.262 e. The Hall–Kier alpha value is -3.38. The fourth-order valence-corrected chi connectivity index (χ4v) is 7.12. The Labute approximate surface area is 241 Å². The quantitative estimate of drug-likeness (QED) is 0.228. The molecule has 1 N–H and O–H groups in total. The molecule has 0 bridgehead atoms. The lowest BCUT2D eigenvalue weighted by molar-refractivity contribution is 0.0928. The van der Waals surface area contributed by atoms with E-state index in [0.29, 0.717) is 21.5 Å². The molecule has 196 valence electrons. The van der Waals surface area contributed by atoms with Crippen LogP contribution < -0.4 is 10.1 Å². The molecule has 0 spiro atoms. The van der Waals surface area contributed by atoms with E-state index in [-0.39, 0.29) is 17.9 Å². The summed E-state index contributed by atoms with van der Waals surface area (Å²) in [5, 5.41) is 4.48. The maximum Gasteiger partial charge on any atom is 0.262 e. The monoisotopic (exact) mass is 572 g/mol. The number of thiophene rings is 1. The Kier molecular flexibility index (Phi) is 7.06. The molecule has 0 saturated heterocycles. The summed E-state index contributed by atoms with van der Waals surface area (Å²) in [7, 11) is 0. The van der Waals surface area contributed by atoms with Gasteiger partial charge in [-0.25, -0.2) is 0 Å². The largest absolute Gasteiger partial charge is 0.493 e. The molecule has 3 heterocycles. The molecule has 1 amide bonds. The van der Waals surface area contributed by atoms with Gasteiger partial charge in [-0.2, -0.15) is 0 Å². The van der Waals surface area contributed by atoms with Crippen molar-refractivity contribution < 1.29 is 9.53 Å². The van der Waals surface area contributed by atoms with Crippen molar-refractivity contribution in [2.45, 2.75) is 32.2 Å². The van der Waals surface area contributed by atoms with Crippen molar-refractivity contribution >= 4 is 50.7 Å². The van der Waals surface area contributed by atoms with Crippen molar-refractivity contribution in [3.63, 3.8) is 0 Å². The predicted octanol–water partition coefficient (Wildman–Crippen LogP) is 9.31. The van der Waals surface area contributed by atoms with E-state index in [1.165, 1.54) is 11.3 Å². The zero-order valence-corrected chi connectivity index (χ0v) is 23.8. The van der Waals surface area contributed by atoms with E-state index >= 15 is 0 Å². The molecule has 1 aliphatic heterocycles. The minimum absolute atomic E-state index is 0.0725. The maximum absolute atomic E-state index is 13.8. The van der Waals surface area contributed by atoms with Gasteiger partial charge in [0.15, 0.2) is 0 Å². The van der Waals surface area contributed by atoms with Crippen LogP contribution in [0.1, 0.15) is 53.0 Å². The third-order valence-corrected chi connectivity index (χ3v) is 8.69. The van der Waals surface area contributed by atoms with Crippen LogP contribution in [0.5, 0.6) is 5.75 Å². The lowest BCUT2D eigenvalue weighted by Crippen LogP contribution is -2.32. The average molecular weight is 574 g/mol. The van der Waals surface area contributed by atoms with Crippen LogP contribution in [0, 0.1) is 0 Å². The van der Waals surface area contributed by atoms with Crippen LogP contribution in [0.4, 0.5) is 0 Å². The van der Waals surface area contributed by atoms with Gasteiger partial charge in [-0.05, 0) is 59.0 Å². The number of benzene rings is 3. The Morgan fingerprint density at radius 1 is 0.974 bits per heavy atom. The molecule has 4 nitrogen and oxygen atoms in total. The molecule has 0 radical (unpaired) electrons. The van der Waals surface area contributed by atoms with Crippen molar-refractivity contribution in [2.75, 3.05) is 6.61 Å². The molecule has 1 atom stereocenters. The number of pyridine rings is 1. The number of nitrogens with zero attached hydrogens (tertiary/aromatic N) is 1. The molecule has 0 unspecified atom stereocenters. The van der Waals surface area contributed by atoms with E-state index in [0.717, 1.165) is 55.8 Å². The third-order valence-electron chi connectivity index (χ3n) is 7.03. The van der Waals surface area contributed by atoms with E-state index in [2.05, 4.69) is 31.3 Å². The summed E-state index contributed by atoms with van der Waals surface area (Å²) in [6.07, 6.45) is 2.56. The normalized spacial score (nSPS) is 14.7. The highest BCUT2D eigenvalue weighted by atomic mass is 35.5. The Morgan fingerprint density at radius 3 is 2.54 bits per heavy atom. The van der Waals surface area contributed by atoms with Crippen molar-refractivity contribution in [1.82, 2.24) is 10.3 Å². The van der Waals surface area contributed by atoms with E-state index in [9.17, 15) is 4.79 Å². The minimum Gasteiger partial charge on any atom is -0.493 e. The number of nitrogens with one attached hydrogen (secondary N) is 1. The summed E-state index contributed by atoms with van der Waals surface area (Å²) >= 11 is 14.1. The van der Waals surface area contributed by atoms with Crippen LogP contribution in [0.2, 0.25) is 10.0 Å². The number of rotatable bonds is 5. The molecular formula is C32H26Cl2N2O2S. The molecule has 0 saturated carbocycles. The third kappa shape index (κ3) is 5.03. The number of aromatic nitrogens is 1. The summed E-state index contributed by atoms with van der Waals surface area (Å²) in [4.78, 5) is 19.2. The molecule has 5 aromatic rings.